The van der Waals surface area contributed by atoms with E-state index in [4.69, 9.17) is 11.6 Å². The first-order valence-electron chi connectivity index (χ1n) is 8.33. The lowest BCUT2D eigenvalue weighted by Crippen LogP contribution is -2.00. The molecule has 0 unspecified atom stereocenters. The number of rotatable bonds is 5. The fourth-order valence-corrected chi connectivity index (χ4v) is 3.11. The van der Waals surface area contributed by atoms with Crippen LogP contribution < -0.4 is 0 Å². The third-order valence-corrected chi connectivity index (χ3v) is 4.47. The molecule has 0 radical (unpaired) electrons. The van der Waals surface area contributed by atoms with Gasteiger partial charge >= 0.3 is 0 Å². The Labute approximate surface area is 155 Å². The molecule has 4 nitrogen and oxygen atoms in total. The number of nitrogens with one attached hydrogen (secondary N) is 1. The van der Waals surface area contributed by atoms with Gasteiger partial charge in [-0.2, -0.15) is 0 Å². The van der Waals surface area contributed by atoms with Gasteiger partial charge in [-0.05, 0) is 41.3 Å². The van der Waals surface area contributed by atoms with E-state index in [1.807, 2.05) is 30.7 Å². The molecule has 1 N–H and O–H groups in total. The van der Waals surface area contributed by atoms with Gasteiger partial charge < -0.3 is 4.98 Å². The van der Waals surface area contributed by atoms with Gasteiger partial charge in [0.2, 0.25) is 0 Å². The highest BCUT2D eigenvalue weighted by Crippen LogP contribution is 2.22. The SMILES string of the molecule is Fc1cccc(CCc2ncc(Cc3c[nH]c4ncc(Cl)cc34)cn2)c1. The summed E-state index contributed by atoms with van der Waals surface area (Å²) >= 11 is 6.04. The zero-order valence-corrected chi connectivity index (χ0v) is 14.7. The summed E-state index contributed by atoms with van der Waals surface area (Å²) in [4.78, 5) is 16.3. The maximum absolute atomic E-state index is 13.2. The van der Waals surface area contributed by atoms with Crippen LogP contribution in [-0.4, -0.2) is 19.9 Å². The minimum atomic E-state index is -0.216. The molecule has 3 aromatic heterocycles. The van der Waals surface area contributed by atoms with Crippen LogP contribution in [0.4, 0.5) is 4.39 Å². The summed E-state index contributed by atoms with van der Waals surface area (Å²) in [6.45, 7) is 0. The number of pyridine rings is 1. The molecule has 0 saturated heterocycles. The first-order valence-corrected chi connectivity index (χ1v) is 8.71. The van der Waals surface area contributed by atoms with Crippen molar-refractivity contribution in [3.05, 3.63) is 88.5 Å². The van der Waals surface area contributed by atoms with Crippen molar-refractivity contribution in [3.63, 3.8) is 0 Å². The van der Waals surface area contributed by atoms with Gasteiger partial charge in [-0.3, -0.25) is 0 Å². The van der Waals surface area contributed by atoms with E-state index in [-0.39, 0.29) is 5.82 Å². The van der Waals surface area contributed by atoms with E-state index in [2.05, 4.69) is 19.9 Å². The van der Waals surface area contributed by atoms with Gasteiger partial charge in [0.15, 0.2) is 0 Å². The molecule has 26 heavy (non-hydrogen) atoms. The summed E-state index contributed by atoms with van der Waals surface area (Å²) in [6, 6.07) is 8.53. The largest absolute Gasteiger partial charge is 0.346 e. The Hall–Kier alpha value is -2.79. The third-order valence-electron chi connectivity index (χ3n) is 4.26. The zero-order valence-electron chi connectivity index (χ0n) is 13.9. The molecule has 0 aliphatic heterocycles. The third kappa shape index (κ3) is 3.73. The monoisotopic (exact) mass is 366 g/mol. The van der Waals surface area contributed by atoms with Crippen LogP contribution in [0.15, 0.2) is 55.1 Å². The van der Waals surface area contributed by atoms with Crippen molar-refractivity contribution in [2.45, 2.75) is 19.3 Å². The number of hydrogen-bond donors (Lipinski definition) is 1. The molecular weight excluding hydrogens is 351 g/mol. The lowest BCUT2D eigenvalue weighted by atomic mass is 10.1. The molecule has 1 aromatic carbocycles. The number of aromatic nitrogens is 4. The molecule has 0 amide bonds. The Balaban J connectivity index is 1.44. The number of benzene rings is 1. The van der Waals surface area contributed by atoms with Gasteiger partial charge in [0.1, 0.15) is 17.3 Å². The molecule has 0 atom stereocenters. The highest BCUT2D eigenvalue weighted by atomic mass is 35.5. The van der Waals surface area contributed by atoms with Crippen LogP contribution in [0.25, 0.3) is 11.0 Å². The number of H-pyrrole nitrogens is 1. The molecular formula is C20H16ClFN4. The smallest absolute Gasteiger partial charge is 0.137 e. The summed E-state index contributed by atoms with van der Waals surface area (Å²) in [6.07, 6.45) is 9.33. The topological polar surface area (TPSA) is 54.5 Å². The van der Waals surface area contributed by atoms with Crippen molar-refractivity contribution in [1.82, 2.24) is 19.9 Å². The number of fused-ring (bicyclic) bond motifs is 1. The van der Waals surface area contributed by atoms with Gasteiger partial charge in [0.25, 0.3) is 0 Å². The van der Waals surface area contributed by atoms with Gasteiger partial charge in [-0.1, -0.05) is 23.7 Å². The number of hydrogen-bond acceptors (Lipinski definition) is 3. The molecule has 4 rings (SSSR count). The van der Waals surface area contributed by atoms with E-state index >= 15 is 0 Å². The van der Waals surface area contributed by atoms with Crippen molar-refractivity contribution in [2.75, 3.05) is 0 Å². The minimum absolute atomic E-state index is 0.216. The van der Waals surface area contributed by atoms with E-state index in [1.54, 1.807) is 18.3 Å². The Morgan fingerprint density at radius 1 is 0.962 bits per heavy atom. The lowest BCUT2D eigenvalue weighted by Gasteiger charge is -2.04. The Morgan fingerprint density at radius 3 is 2.62 bits per heavy atom. The molecule has 130 valence electrons. The Bertz CT molecular complexity index is 1040. The van der Waals surface area contributed by atoms with Crippen molar-refractivity contribution in [2.24, 2.45) is 0 Å². The summed E-state index contributed by atoms with van der Waals surface area (Å²) in [7, 11) is 0. The summed E-state index contributed by atoms with van der Waals surface area (Å²) in [5.41, 5.74) is 3.88. The van der Waals surface area contributed by atoms with Crippen molar-refractivity contribution in [3.8, 4) is 0 Å². The number of aromatic amines is 1. The number of nitrogens with zero attached hydrogens (tertiary/aromatic N) is 3. The summed E-state index contributed by atoms with van der Waals surface area (Å²) in [5.74, 6) is 0.536. The van der Waals surface area contributed by atoms with Gasteiger partial charge in [-0.15, -0.1) is 0 Å². The number of aryl methyl sites for hydroxylation is 2. The first-order chi connectivity index (χ1) is 12.7. The van der Waals surface area contributed by atoms with Crippen molar-refractivity contribution >= 4 is 22.6 Å². The molecule has 0 bridgehead atoms. The average molecular weight is 367 g/mol. The average Bonchev–Trinajstić information content (AvgIpc) is 3.03. The molecule has 4 aromatic rings. The Kier molecular flexibility index (Phi) is 4.63. The van der Waals surface area contributed by atoms with Crippen LogP contribution in [0.2, 0.25) is 5.02 Å². The second kappa shape index (κ2) is 7.22. The Morgan fingerprint density at radius 2 is 1.81 bits per heavy atom. The van der Waals surface area contributed by atoms with Crippen LogP contribution in [0.3, 0.4) is 0 Å². The van der Waals surface area contributed by atoms with E-state index in [1.165, 1.54) is 6.07 Å². The highest BCUT2D eigenvalue weighted by Gasteiger charge is 2.07. The highest BCUT2D eigenvalue weighted by molar-refractivity contribution is 6.31. The molecule has 6 heteroatoms. The molecule has 0 aliphatic carbocycles. The van der Waals surface area contributed by atoms with Crippen LogP contribution >= 0.6 is 11.6 Å². The van der Waals surface area contributed by atoms with E-state index < -0.39 is 0 Å². The number of halogens is 2. The zero-order chi connectivity index (χ0) is 17.9. The molecule has 3 heterocycles. The van der Waals surface area contributed by atoms with Crippen LogP contribution in [0.5, 0.6) is 0 Å². The fourth-order valence-electron chi connectivity index (χ4n) is 2.95. The first kappa shape index (κ1) is 16.7. The second-order valence-electron chi connectivity index (χ2n) is 6.18. The quantitative estimate of drug-likeness (QED) is 0.565. The molecule has 0 fully saturated rings. The lowest BCUT2D eigenvalue weighted by molar-refractivity contribution is 0.625. The minimum Gasteiger partial charge on any atom is -0.346 e. The van der Waals surface area contributed by atoms with E-state index in [0.717, 1.165) is 33.5 Å². The van der Waals surface area contributed by atoms with Gasteiger partial charge in [0.05, 0.1) is 5.02 Å². The maximum atomic E-state index is 13.2. The standard InChI is InChI=1S/C20H16ClFN4/c21-16-8-18-15(11-25-20(18)26-12-16)6-14-9-23-19(24-10-14)5-4-13-2-1-3-17(22)7-13/h1-3,7-12H,4-6H2,(H,25,26). The summed E-state index contributed by atoms with van der Waals surface area (Å²) < 4.78 is 13.2. The van der Waals surface area contributed by atoms with Crippen LogP contribution in [0.1, 0.15) is 22.5 Å². The summed E-state index contributed by atoms with van der Waals surface area (Å²) in [5, 5.41) is 1.62. The predicted molar refractivity (Wildman–Crippen MR) is 99.7 cm³/mol. The molecule has 0 saturated carbocycles. The van der Waals surface area contributed by atoms with Gasteiger partial charge in [0, 0.05) is 43.0 Å². The maximum Gasteiger partial charge on any atom is 0.137 e. The van der Waals surface area contributed by atoms with E-state index in [0.29, 0.717) is 24.3 Å². The van der Waals surface area contributed by atoms with Crippen molar-refractivity contribution < 1.29 is 4.39 Å². The van der Waals surface area contributed by atoms with Crippen LogP contribution in [0, 0.1) is 5.82 Å². The molecule has 0 spiro atoms. The predicted octanol–water partition coefficient (Wildman–Crippen LogP) is 4.52. The molecule has 0 aliphatic rings. The van der Waals surface area contributed by atoms with Crippen molar-refractivity contribution in [1.29, 1.82) is 0 Å². The van der Waals surface area contributed by atoms with Crippen LogP contribution in [-0.2, 0) is 19.3 Å². The van der Waals surface area contributed by atoms with E-state index in [9.17, 15) is 4.39 Å². The second-order valence-corrected chi connectivity index (χ2v) is 6.61. The normalized spacial score (nSPS) is 11.2. The fraction of sp³-hybridized carbons (Fsp3) is 0.150. The van der Waals surface area contributed by atoms with Gasteiger partial charge in [-0.25, -0.2) is 19.3 Å².